The molecule has 0 aliphatic rings. The Morgan fingerprint density at radius 3 is 2.53 bits per heavy atom. The highest BCUT2D eigenvalue weighted by molar-refractivity contribution is 5.45. The van der Waals surface area contributed by atoms with E-state index in [1.54, 1.807) is 18.2 Å². The summed E-state index contributed by atoms with van der Waals surface area (Å²) in [4.78, 5) is 4.14. The Bertz CT molecular complexity index is 352. The van der Waals surface area contributed by atoms with E-state index in [2.05, 4.69) is 15.6 Å². The molecule has 0 amide bonds. The van der Waals surface area contributed by atoms with Crippen LogP contribution >= 0.6 is 0 Å². The van der Waals surface area contributed by atoms with Gasteiger partial charge in [-0.2, -0.15) is 13.2 Å². The molecule has 1 rings (SSSR count). The summed E-state index contributed by atoms with van der Waals surface area (Å²) in [6.07, 6.45) is -5.04. The summed E-state index contributed by atoms with van der Waals surface area (Å²) in [5.41, 5.74) is 0. The number of pyridine rings is 1. The van der Waals surface area contributed by atoms with Gasteiger partial charge in [-0.3, -0.25) is 0 Å². The smallest absolute Gasteiger partial charge is 0.370 e. The highest BCUT2D eigenvalue weighted by atomic mass is 19.4. The van der Waals surface area contributed by atoms with E-state index in [0.29, 0.717) is 18.2 Å². The van der Waals surface area contributed by atoms with Crippen molar-refractivity contribution in [3.8, 4) is 0 Å². The Kier molecular flexibility index (Phi) is 4.60. The summed E-state index contributed by atoms with van der Waals surface area (Å²) < 4.78 is 36.4. The summed E-state index contributed by atoms with van der Waals surface area (Å²) in [5.74, 6) is 1.09. The van der Waals surface area contributed by atoms with Crippen LogP contribution in [-0.4, -0.2) is 23.7 Å². The Labute approximate surface area is 98.4 Å². The monoisotopic (exact) mass is 247 g/mol. The number of hydrogen-bond donors (Lipinski definition) is 2. The number of halogens is 3. The van der Waals surface area contributed by atoms with E-state index in [0.717, 1.165) is 0 Å². The van der Waals surface area contributed by atoms with Gasteiger partial charge in [0.05, 0.1) is 6.42 Å². The Morgan fingerprint density at radius 2 is 1.94 bits per heavy atom. The third kappa shape index (κ3) is 5.42. The number of alkyl halides is 3. The summed E-state index contributed by atoms with van der Waals surface area (Å²) in [5, 5.41) is 5.72. The van der Waals surface area contributed by atoms with Gasteiger partial charge in [-0.1, -0.05) is 6.07 Å². The lowest BCUT2D eigenvalue weighted by atomic mass is 10.2. The van der Waals surface area contributed by atoms with Crippen molar-refractivity contribution in [2.45, 2.75) is 32.5 Å². The highest BCUT2D eigenvalue weighted by Crippen LogP contribution is 2.23. The van der Waals surface area contributed by atoms with Gasteiger partial charge >= 0.3 is 6.18 Å². The van der Waals surface area contributed by atoms with Crippen molar-refractivity contribution in [1.29, 1.82) is 0 Å². The van der Waals surface area contributed by atoms with E-state index in [1.165, 1.54) is 6.92 Å². The standard InChI is InChI=1S/C11H16F3N3/c1-3-15-9-5-4-6-10(17-9)16-8(2)7-11(12,13)14/h4-6,8H,3,7H2,1-2H3,(H2,15,16,17). The number of rotatable bonds is 5. The molecule has 0 bridgehead atoms. The molecule has 1 aromatic heterocycles. The third-order valence-electron chi connectivity index (χ3n) is 2.04. The average Bonchev–Trinajstić information content (AvgIpc) is 2.15. The minimum absolute atomic E-state index is 0.445. The van der Waals surface area contributed by atoms with Gasteiger partial charge in [0.2, 0.25) is 0 Å². The minimum atomic E-state index is -4.16. The van der Waals surface area contributed by atoms with E-state index in [9.17, 15) is 13.2 Å². The van der Waals surface area contributed by atoms with Crippen LogP contribution in [0.25, 0.3) is 0 Å². The van der Waals surface area contributed by atoms with E-state index in [4.69, 9.17) is 0 Å². The van der Waals surface area contributed by atoms with Gasteiger partial charge in [-0.15, -0.1) is 0 Å². The van der Waals surface area contributed by atoms with E-state index < -0.39 is 18.6 Å². The maximum Gasteiger partial charge on any atom is 0.391 e. The molecule has 1 unspecified atom stereocenters. The van der Waals surface area contributed by atoms with Crippen LogP contribution in [0.15, 0.2) is 18.2 Å². The highest BCUT2D eigenvalue weighted by Gasteiger charge is 2.29. The molecule has 0 radical (unpaired) electrons. The molecule has 1 atom stereocenters. The summed E-state index contributed by atoms with van der Waals surface area (Å²) >= 11 is 0. The molecule has 1 aromatic rings. The maximum atomic E-state index is 12.1. The lowest BCUT2D eigenvalue weighted by Crippen LogP contribution is -2.24. The predicted octanol–water partition coefficient (Wildman–Crippen LogP) is 3.27. The van der Waals surface area contributed by atoms with E-state index in [1.807, 2.05) is 6.92 Å². The van der Waals surface area contributed by atoms with Crippen LogP contribution in [0.4, 0.5) is 24.8 Å². The lowest BCUT2D eigenvalue weighted by molar-refractivity contribution is -0.136. The zero-order chi connectivity index (χ0) is 12.9. The molecular formula is C11H16F3N3. The van der Waals surface area contributed by atoms with E-state index in [-0.39, 0.29) is 0 Å². The van der Waals surface area contributed by atoms with E-state index >= 15 is 0 Å². The number of aromatic nitrogens is 1. The molecule has 0 spiro atoms. The molecule has 0 saturated heterocycles. The fraction of sp³-hybridized carbons (Fsp3) is 0.545. The number of hydrogen-bond acceptors (Lipinski definition) is 3. The molecule has 0 aromatic carbocycles. The SMILES string of the molecule is CCNc1cccc(NC(C)CC(F)(F)F)n1. The van der Waals surface area contributed by atoms with Crippen molar-refractivity contribution in [2.24, 2.45) is 0 Å². The van der Waals surface area contributed by atoms with Crippen LogP contribution in [0.1, 0.15) is 20.3 Å². The van der Waals surface area contributed by atoms with Gasteiger partial charge < -0.3 is 10.6 Å². The van der Waals surface area contributed by atoms with Crippen LogP contribution in [0.3, 0.4) is 0 Å². The van der Waals surface area contributed by atoms with Gasteiger partial charge in [0.1, 0.15) is 11.6 Å². The first-order valence-corrected chi connectivity index (χ1v) is 5.45. The molecule has 1 heterocycles. The Hall–Kier alpha value is -1.46. The third-order valence-corrected chi connectivity index (χ3v) is 2.04. The lowest BCUT2D eigenvalue weighted by Gasteiger charge is -2.16. The summed E-state index contributed by atoms with van der Waals surface area (Å²) in [7, 11) is 0. The second kappa shape index (κ2) is 5.75. The van der Waals surface area contributed by atoms with Crippen LogP contribution in [-0.2, 0) is 0 Å². The summed E-state index contributed by atoms with van der Waals surface area (Å²) in [6.45, 7) is 4.12. The number of anilines is 2. The molecule has 3 nitrogen and oxygen atoms in total. The van der Waals surface area contributed by atoms with Crippen LogP contribution in [0, 0.1) is 0 Å². The van der Waals surface area contributed by atoms with Crippen LogP contribution < -0.4 is 10.6 Å². The fourth-order valence-corrected chi connectivity index (χ4v) is 1.45. The van der Waals surface area contributed by atoms with Gasteiger partial charge in [0.25, 0.3) is 0 Å². The first-order valence-electron chi connectivity index (χ1n) is 5.45. The number of nitrogens with zero attached hydrogens (tertiary/aromatic N) is 1. The number of nitrogens with one attached hydrogen (secondary N) is 2. The minimum Gasteiger partial charge on any atom is -0.370 e. The van der Waals surface area contributed by atoms with Crippen molar-refractivity contribution in [3.63, 3.8) is 0 Å². The zero-order valence-electron chi connectivity index (χ0n) is 9.80. The molecule has 0 saturated carbocycles. The zero-order valence-corrected chi connectivity index (χ0v) is 9.80. The second-order valence-electron chi connectivity index (χ2n) is 3.80. The Balaban J connectivity index is 2.58. The van der Waals surface area contributed by atoms with Gasteiger partial charge in [0.15, 0.2) is 0 Å². The molecule has 17 heavy (non-hydrogen) atoms. The topological polar surface area (TPSA) is 37.0 Å². The maximum absolute atomic E-state index is 12.1. The van der Waals surface area contributed by atoms with Crippen molar-refractivity contribution >= 4 is 11.6 Å². The first kappa shape index (κ1) is 13.6. The predicted molar refractivity (Wildman–Crippen MR) is 62.2 cm³/mol. The molecule has 6 heteroatoms. The summed E-state index contributed by atoms with van der Waals surface area (Å²) in [6, 6.07) is 4.46. The second-order valence-corrected chi connectivity index (χ2v) is 3.80. The molecule has 0 aliphatic heterocycles. The largest absolute Gasteiger partial charge is 0.391 e. The molecule has 0 fully saturated rings. The average molecular weight is 247 g/mol. The normalized spacial score (nSPS) is 13.2. The molecule has 96 valence electrons. The van der Waals surface area contributed by atoms with Crippen LogP contribution in [0.2, 0.25) is 0 Å². The van der Waals surface area contributed by atoms with Gasteiger partial charge in [-0.25, -0.2) is 4.98 Å². The van der Waals surface area contributed by atoms with Crippen molar-refractivity contribution in [2.75, 3.05) is 17.2 Å². The molecule has 0 aliphatic carbocycles. The molecule has 2 N–H and O–H groups in total. The van der Waals surface area contributed by atoms with Crippen molar-refractivity contribution < 1.29 is 13.2 Å². The fourth-order valence-electron chi connectivity index (χ4n) is 1.45. The van der Waals surface area contributed by atoms with Crippen molar-refractivity contribution in [3.05, 3.63) is 18.2 Å². The molecular weight excluding hydrogens is 231 g/mol. The van der Waals surface area contributed by atoms with Gasteiger partial charge in [-0.05, 0) is 26.0 Å². The first-order chi connectivity index (χ1) is 7.90. The van der Waals surface area contributed by atoms with Crippen molar-refractivity contribution in [1.82, 2.24) is 4.98 Å². The van der Waals surface area contributed by atoms with Crippen LogP contribution in [0.5, 0.6) is 0 Å². The Morgan fingerprint density at radius 1 is 1.29 bits per heavy atom. The van der Waals surface area contributed by atoms with Gasteiger partial charge in [0, 0.05) is 12.6 Å². The quantitative estimate of drug-likeness (QED) is 0.838.